The van der Waals surface area contributed by atoms with Crippen LogP contribution >= 0.6 is 0 Å². The van der Waals surface area contributed by atoms with E-state index in [0.717, 1.165) is 25.8 Å². The lowest BCUT2D eigenvalue weighted by molar-refractivity contribution is -0.137. The summed E-state index contributed by atoms with van der Waals surface area (Å²) in [6, 6.07) is 0. The first kappa shape index (κ1) is 11.4. The average molecular weight is 175 g/mol. The van der Waals surface area contributed by atoms with Gasteiger partial charge in [-0.05, 0) is 32.9 Å². The van der Waals surface area contributed by atoms with E-state index < -0.39 is 5.97 Å². The van der Waals surface area contributed by atoms with Gasteiger partial charge >= 0.3 is 5.97 Å². The third-order valence-corrected chi connectivity index (χ3v) is 1.60. The molecule has 12 heavy (non-hydrogen) atoms. The minimum atomic E-state index is -0.792. The second-order valence-corrected chi connectivity index (χ2v) is 2.92. The molecule has 0 rings (SSSR count). The number of aliphatic hydroxyl groups excluding tert-OH is 1. The van der Waals surface area contributed by atoms with Crippen LogP contribution in [-0.4, -0.2) is 47.8 Å². The van der Waals surface area contributed by atoms with Crippen LogP contribution in [0.3, 0.4) is 0 Å². The number of carbonyl (C=O) groups is 1. The van der Waals surface area contributed by atoms with Gasteiger partial charge in [-0.3, -0.25) is 9.69 Å². The van der Waals surface area contributed by atoms with Crippen molar-refractivity contribution in [1.82, 2.24) is 4.90 Å². The molecule has 0 aromatic heterocycles. The third kappa shape index (κ3) is 7.50. The molecule has 0 atom stereocenters. The van der Waals surface area contributed by atoms with E-state index in [0.29, 0.717) is 0 Å². The predicted molar refractivity (Wildman–Crippen MR) is 46.1 cm³/mol. The summed E-state index contributed by atoms with van der Waals surface area (Å²) in [5.74, 6) is -0.792. The summed E-state index contributed by atoms with van der Waals surface area (Å²) >= 11 is 0. The molecular weight excluding hydrogens is 158 g/mol. The fourth-order valence-corrected chi connectivity index (χ4v) is 0.980. The van der Waals surface area contributed by atoms with Gasteiger partial charge in [-0.25, -0.2) is 0 Å². The summed E-state index contributed by atoms with van der Waals surface area (Å²) in [5.41, 5.74) is 0. The van der Waals surface area contributed by atoms with Gasteiger partial charge in [-0.2, -0.15) is 0 Å². The van der Waals surface area contributed by atoms with Gasteiger partial charge in [0.05, 0.1) is 6.54 Å². The van der Waals surface area contributed by atoms with Crippen LogP contribution in [0.15, 0.2) is 0 Å². The summed E-state index contributed by atoms with van der Waals surface area (Å²) in [5, 5.41) is 16.9. The summed E-state index contributed by atoms with van der Waals surface area (Å²) in [6.45, 7) is 1.11. The van der Waals surface area contributed by atoms with Gasteiger partial charge in [0.1, 0.15) is 0 Å². The number of hydrogen-bond acceptors (Lipinski definition) is 3. The molecule has 0 bridgehead atoms. The van der Waals surface area contributed by atoms with Crippen LogP contribution in [0.4, 0.5) is 0 Å². The Hall–Kier alpha value is -0.610. The second-order valence-electron chi connectivity index (χ2n) is 2.92. The van der Waals surface area contributed by atoms with E-state index in [1.165, 1.54) is 0 Å². The summed E-state index contributed by atoms with van der Waals surface area (Å²) in [4.78, 5) is 12.0. The standard InChI is InChI=1S/C8H17NO3/c1-9(7-8(11)12)5-3-2-4-6-10/h10H,2-7H2,1H3,(H,11,12). The Morgan fingerprint density at radius 2 is 2.00 bits per heavy atom. The van der Waals surface area contributed by atoms with Crippen molar-refractivity contribution in [2.75, 3.05) is 26.7 Å². The van der Waals surface area contributed by atoms with Gasteiger partial charge in [0.2, 0.25) is 0 Å². The van der Waals surface area contributed by atoms with E-state index in [-0.39, 0.29) is 13.2 Å². The Morgan fingerprint density at radius 3 is 2.50 bits per heavy atom. The lowest BCUT2D eigenvalue weighted by atomic mass is 10.2. The maximum Gasteiger partial charge on any atom is 0.317 e. The van der Waals surface area contributed by atoms with Gasteiger partial charge in [0.15, 0.2) is 0 Å². The maximum absolute atomic E-state index is 10.2. The van der Waals surface area contributed by atoms with Crippen LogP contribution in [0.5, 0.6) is 0 Å². The zero-order valence-electron chi connectivity index (χ0n) is 7.49. The Bertz CT molecular complexity index is 127. The molecule has 0 saturated carbocycles. The molecule has 0 amide bonds. The molecule has 0 aromatic rings. The van der Waals surface area contributed by atoms with Crippen LogP contribution in [0, 0.1) is 0 Å². The third-order valence-electron chi connectivity index (χ3n) is 1.60. The van der Waals surface area contributed by atoms with Crippen LogP contribution in [0.25, 0.3) is 0 Å². The Morgan fingerprint density at radius 1 is 1.33 bits per heavy atom. The van der Waals surface area contributed by atoms with Crippen molar-refractivity contribution in [3.8, 4) is 0 Å². The molecule has 2 N–H and O–H groups in total. The minimum Gasteiger partial charge on any atom is -0.480 e. The lowest BCUT2D eigenvalue weighted by Crippen LogP contribution is -2.26. The molecule has 0 radical (unpaired) electrons. The lowest BCUT2D eigenvalue weighted by Gasteiger charge is -2.12. The first-order valence-electron chi connectivity index (χ1n) is 4.18. The predicted octanol–water partition coefficient (Wildman–Crippen LogP) is 0.165. The van der Waals surface area contributed by atoms with E-state index >= 15 is 0 Å². The summed E-state index contributed by atoms with van der Waals surface area (Å²) < 4.78 is 0. The molecule has 0 heterocycles. The molecule has 4 heteroatoms. The topological polar surface area (TPSA) is 60.8 Å². The smallest absolute Gasteiger partial charge is 0.317 e. The van der Waals surface area contributed by atoms with Gasteiger partial charge in [0.25, 0.3) is 0 Å². The molecule has 0 aliphatic heterocycles. The number of carboxylic acid groups (broad SMARTS) is 1. The van der Waals surface area contributed by atoms with Crippen molar-refractivity contribution in [2.24, 2.45) is 0 Å². The fourth-order valence-electron chi connectivity index (χ4n) is 0.980. The van der Waals surface area contributed by atoms with Crippen molar-refractivity contribution < 1.29 is 15.0 Å². The number of aliphatic carboxylic acids is 1. The molecule has 72 valence electrons. The zero-order valence-corrected chi connectivity index (χ0v) is 7.49. The minimum absolute atomic E-state index is 0.0964. The fraction of sp³-hybridized carbons (Fsp3) is 0.875. The summed E-state index contributed by atoms with van der Waals surface area (Å²) in [7, 11) is 1.78. The number of likely N-dealkylation sites (N-methyl/N-ethyl adjacent to an activating group) is 1. The van der Waals surface area contributed by atoms with Crippen LogP contribution < -0.4 is 0 Å². The van der Waals surface area contributed by atoms with Crippen LogP contribution in [0.2, 0.25) is 0 Å². The number of rotatable bonds is 7. The van der Waals surface area contributed by atoms with Crippen molar-refractivity contribution in [2.45, 2.75) is 19.3 Å². The van der Waals surface area contributed by atoms with Gasteiger partial charge in [0, 0.05) is 6.61 Å². The highest BCUT2D eigenvalue weighted by Crippen LogP contribution is 1.95. The molecule has 0 aliphatic carbocycles. The normalized spacial score (nSPS) is 10.6. The first-order valence-corrected chi connectivity index (χ1v) is 4.18. The molecule has 0 spiro atoms. The van der Waals surface area contributed by atoms with Crippen LogP contribution in [0.1, 0.15) is 19.3 Å². The van der Waals surface area contributed by atoms with Crippen molar-refractivity contribution >= 4 is 5.97 Å². The molecule has 0 saturated heterocycles. The molecular formula is C8H17NO3. The Balaban J connectivity index is 3.19. The Kier molecular flexibility index (Phi) is 6.70. The van der Waals surface area contributed by atoms with Crippen LogP contribution in [-0.2, 0) is 4.79 Å². The number of hydrogen-bond donors (Lipinski definition) is 2. The quantitative estimate of drug-likeness (QED) is 0.541. The molecule has 4 nitrogen and oxygen atoms in total. The van der Waals surface area contributed by atoms with Crippen molar-refractivity contribution in [3.05, 3.63) is 0 Å². The molecule has 0 fully saturated rings. The number of nitrogens with zero attached hydrogens (tertiary/aromatic N) is 1. The first-order chi connectivity index (χ1) is 5.66. The van der Waals surface area contributed by atoms with E-state index in [4.69, 9.17) is 10.2 Å². The summed E-state index contributed by atoms with van der Waals surface area (Å²) in [6.07, 6.45) is 2.71. The van der Waals surface area contributed by atoms with Gasteiger partial charge < -0.3 is 10.2 Å². The average Bonchev–Trinajstić information content (AvgIpc) is 1.97. The molecule has 0 aliphatic rings. The van der Waals surface area contributed by atoms with Gasteiger partial charge in [-0.15, -0.1) is 0 Å². The number of unbranched alkanes of at least 4 members (excludes halogenated alkanes) is 2. The number of carboxylic acids is 1. The van der Waals surface area contributed by atoms with E-state index in [1.54, 1.807) is 11.9 Å². The highest BCUT2D eigenvalue weighted by molar-refractivity contribution is 5.68. The molecule has 0 unspecified atom stereocenters. The highest BCUT2D eigenvalue weighted by atomic mass is 16.4. The monoisotopic (exact) mass is 175 g/mol. The largest absolute Gasteiger partial charge is 0.480 e. The SMILES string of the molecule is CN(CCCCCO)CC(=O)O. The highest BCUT2D eigenvalue weighted by Gasteiger charge is 2.02. The number of aliphatic hydroxyl groups is 1. The van der Waals surface area contributed by atoms with E-state index in [9.17, 15) is 4.79 Å². The van der Waals surface area contributed by atoms with E-state index in [2.05, 4.69) is 0 Å². The van der Waals surface area contributed by atoms with E-state index in [1.807, 2.05) is 0 Å². The van der Waals surface area contributed by atoms with Gasteiger partial charge in [-0.1, -0.05) is 0 Å². The second kappa shape index (κ2) is 7.06. The van der Waals surface area contributed by atoms with Crippen molar-refractivity contribution in [3.63, 3.8) is 0 Å². The Labute approximate surface area is 72.8 Å². The molecule has 0 aromatic carbocycles. The maximum atomic E-state index is 10.2. The van der Waals surface area contributed by atoms with Crippen molar-refractivity contribution in [1.29, 1.82) is 0 Å². The zero-order chi connectivity index (χ0) is 9.40.